The van der Waals surface area contributed by atoms with Gasteiger partial charge >= 0.3 is 6.18 Å². The minimum atomic E-state index is -4.47. The fourth-order valence-corrected chi connectivity index (χ4v) is 2.91. The largest absolute Gasteiger partial charge is 0.416 e. The number of aliphatic hydroxyl groups is 1. The van der Waals surface area contributed by atoms with Crippen LogP contribution in [0, 0.1) is 6.92 Å². The first kappa shape index (κ1) is 18.4. The van der Waals surface area contributed by atoms with Crippen molar-refractivity contribution in [1.82, 2.24) is 10.3 Å². The molecule has 1 aromatic heterocycles. The van der Waals surface area contributed by atoms with Crippen LogP contribution in [0.4, 0.5) is 13.2 Å². The maximum absolute atomic E-state index is 12.7. The number of nitrogens with zero attached hydrogens (tertiary/aromatic N) is 1. The topological polar surface area (TPSA) is 62.2 Å². The predicted octanol–water partition coefficient (Wildman–Crippen LogP) is 3.25. The lowest BCUT2D eigenvalue weighted by Gasteiger charge is -2.14. The average Bonchev–Trinajstić information content (AvgIpc) is 2.95. The van der Waals surface area contributed by atoms with Crippen molar-refractivity contribution in [2.45, 2.75) is 32.0 Å². The molecule has 0 aliphatic carbocycles. The number of carbonyl (C=O) groups excluding carboxylic acids is 1. The Labute approximate surface area is 141 Å². The molecule has 0 saturated heterocycles. The summed E-state index contributed by atoms with van der Waals surface area (Å²) in [6.07, 6.45) is -4.88. The summed E-state index contributed by atoms with van der Waals surface area (Å²) < 4.78 is 38.0. The van der Waals surface area contributed by atoms with Crippen LogP contribution in [0.3, 0.4) is 0 Å². The Hall–Kier alpha value is -1.93. The van der Waals surface area contributed by atoms with Gasteiger partial charge < -0.3 is 10.4 Å². The maximum atomic E-state index is 12.7. The number of aryl methyl sites for hydroxylation is 2. The zero-order valence-corrected chi connectivity index (χ0v) is 13.7. The van der Waals surface area contributed by atoms with Crippen molar-refractivity contribution >= 4 is 17.2 Å². The fraction of sp³-hybridized carbons (Fsp3) is 0.375. The molecule has 0 aliphatic rings. The highest BCUT2D eigenvalue weighted by Crippen LogP contribution is 2.30. The van der Waals surface area contributed by atoms with Crippen molar-refractivity contribution in [1.29, 1.82) is 0 Å². The zero-order chi connectivity index (χ0) is 17.7. The zero-order valence-electron chi connectivity index (χ0n) is 12.9. The molecule has 8 heteroatoms. The van der Waals surface area contributed by atoms with Gasteiger partial charge in [0.15, 0.2) is 0 Å². The maximum Gasteiger partial charge on any atom is 0.416 e. The van der Waals surface area contributed by atoms with E-state index in [-0.39, 0.29) is 24.4 Å². The molecular formula is C16H17F3N2O2S. The second-order valence-electron chi connectivity index (χ2n) is 5.30. The molecule has 4 nitrogen and oxygen atoms in total. The number of aliphatic hydroxyl groups excluding tert-OH is 1. The molecule has 0 unspecified atom stereocenters. The van der Waals surface area contributed by atoms with E-state index in [1.54, 1.807) is 5.51 Å². The van der Waals surface area contributed by atoms with Gasteiger partial charge in [-0.2, -0.15) is 13.2 Å². The molecule has 1 aromatic carbocycles. The molecule has 2 N–H and O–H groups in total. The van der Waals surface area contributed by atoms with E-state index in [2.05, 4.69) is 10.3 Å². The van der Waals surface area contributed by atoms with Crippen LogP contribution in [-0.2, 0) is 17.4 Å². The number of amides is 1. The third-order valence-corrected chi connectivity index (χ3v) is 4.51. The van der Waals surface area contributed by atoms with Gasteiger partial charge in [-0.15, -0.1) is 11.3 Å². The summed E-state index contributed by atoms with van der Waals surface area (Å²) >= 11 is 1.47. The number of hydrogen-bond acceptors (Lipinski definition) is 4. The molecule has 1 amide bonds. The highest BCUT2D eigenvalue weighted by atomic mass is 32.1. The number of alkyl halides is 3. The molecule has 2 rings (SSSR count). The van der Waals surface area contributed by atoms with Gasteiger partial charge in [0.25, 0.3) is 0 Å². The van der Waals surface area contributed by atoms with Gasteiger partial charge in [0.2, 0.25) is 5.91 Å². The molecule has 0 aliphatic heterocycles. The number of halogens is 3. The van der Waals surface area contributed by atoms with Crippen LogP contribution in [0.15, 0.2) is 29.8 Å². The Morgan fingerprint density at radius 2 is 2.17 bits per heavy atom. The predicted molar refractivity (Wildman–Crippen MR) is 84.6 cm³/mol. The number of thiazole rings is 1. The Morgan fingerprint density at radius 1 is 1.42 bits per heavy atom. The first-order valence-corrected chi connectivity index (χ1v) is 8.16. The van der Waals surface area contributed by atoms with Gasteiger partial charge in [-0.25, -0.2) is 4.98 Å². The van der Waals surface area contributed by atoms with E-state index in [1.807, 2.05) is 6.92 Å². The Kier molecular flexibility index (Phi) is 5.95. The van der Waals surface area contributed by atoms with Crippen molar-refractivity contribution in [3.63, 3.8) is 0 Å². The normalized spacial score (nSPS) is 12.9. The second-order valence-corrected chi connectivity index (χ2v) is 6.24. The summed E-state index contributed by atoms with van der Waals surface area (Å²) in [4.78, 5) is 16.9. The first-order valence-electron chi connectivity index (χ1n) is 7.28. The molecule has 1 atom stereocenters. The molecule has 2 aromatic rings. The highest BCUT2D eigenvalue weighted by molar-refractivity contribution is 7.09. The molecule has 130 valence electrons. The van der Waals surface area contributed by atoms with Crippen LogP contribution in [0.1, 0.15) is 34.2 Å². The number of carbonyl (C=O) groups is 1. The average molecular weight is 358 g/mol. The third kappa shape index (κ3) is 5.04. The van der Waals surface area contributed by atoms with Gasteiger partial charge in [0.05, 0.1) is 22.9 Å². The second kappa shape index (κ2) is 7.76. The highest BCUT2D eigenvalue weighted by Gasteiger charge is 2.30. The van der Waals surface area contributed by atoms with Crippen LogP contribution < -0.4 is 5.32 Å². The Bertz CT molecular complexity index is 701. The van der Waals surface area contributed by atoms with Crippen LogP contribution in [0.2, 0.25) is 0 Å². The van der Waals surface area contributed by atoms with E-state index < -0.39 is 17.8 Å². The van der Waals surface area contributed by atoms with E-state index in [1.165, 1.54) is 23.5 Å². The molecular weight excluding hydrogens is 341 g/mol. The van der Waals surface area contributed by atoms with E-state index in [0.29, 0.717) is 6.42 Å². The summed E-state index contributed by atoms with van der Waals surface area (Å²) in [6, 6.07) is 4.45. The van der Waals surface area contributed by atoms with Gasteiger partial charge in [-0.05, 0) is 31.0 Å². The van der Waals surface area contributed by atoms with Crippen molar-refractivity contribution in [3.8, 4) is 0 Å². The molecule has 1 heterocycles. The van der Waals surface area contributed by atoms with Crippen LogP contribution in [0.25, 0.3) is 0 Å². The molecule has 24 heavy (non-hydrogen) atoms. The van der Waals surface area contributed by atoms with E-state index >= 15 is 0 Å². The van der Waals surface area contributed by atoms with Gasteiger partial charge in [0, 0.05) is 17.8 Å². The molecule has 0 saturated carbocycles. The van der Waals surface area contributed by atoms with Gasteiger partial charge in [-0.3, -0.25) is 4.79 Å². The lowest BCUT2D eigenvalue weighted by molar-refractivity contribution is -0.137. The lowest BCUT2D eigenvalue weighted by atomic mass is 10.1. The molecule has 0 spiro atoms. The Balaban J connectivity index is 1.85. The quantitative estimate of drug-likeness (QED) is 0.833. The number of nitrogens with one attached hydrogen (secondary N) is 1. The summed E-state index contributed by atoms with van der Waals surface area (Å²) in [5.41, 5.74) is 1.88. The summed E-state index contributed by atoms with van der Waals surface area (Å²) in [6.45, 7) is 1.73. The van der Waals surface area contributed by atoms with Gasteiger partial charge in [-0.1, -0.05) is 12.1 Å². The van der Waals surface area contributed by atoms with Crippen LogP contribution >= 0.6 is 11.3 Å². The third-order valence-electron chi connectivity index (χ3n) is 3.52. The van der Waals surface area contributed by atoms with Crippen molar-refractivity contribution in [2.24, 2.45) is 0 Å². The molecule has 0 fully saturated rings. The minimum absolute atomic E-state index is 0.114. The SMILES string of the molecule is Cc1ncsc1CCC(=O)NC[C@@H](O)c1cccc(C(F)(F)F)c1. The molecule has 0 bridgehead atoms. The number of benzene rings is 1. The minimum Gasteiger partial charge on any atom is -0.387 e. The molecule has 0 radical (unpaired) electrons. The fourth-order valence-electron chi connectivity index (χ4n) is 2.13. The first-order chi connectivity index (χ1) is 11.3. The summed E-state index contributed by atoms with van der Waals surface area (Å²) in [5, 5.41) is 12.5. The van der Waals surface area contributed by atoms with E-state index in [9.17, 15) is 23.1 Å². The standard InChI is InChI=1S/C16H17F3N2O2S/c1-10-14(24-9-21-10)5-6-15(23)20-8-13(22)11-3-2-4-12(7-11)16(17,18)19/h2-4,7,9,13,22H,5-6,8H2,1H3,(H,20,23)/t13-/m1/s1. The summed E-state index contributed by atoms with van der Waals surface area (Å²) in [7, 11) is 0. The van der Waals surface area contributed by atoms with Crippen LogP contribution in [-0.4, -0.2) is 22.5 Å². The number of hydrogen-bond donors (Lipinski definition) is 2. The number of aromatic nitrogens is 1. The monoisotopic (exact) mass is 358 g/mol. The lowest BCUT2D eigenvalue weighted by Crippen LogP contribution is -2.28. The van der Waals surface area contributed by atoms with Crippen molar-refractivity contribution in [2.75, 3.05) is 6.54 Å². The van der Waals surface area contributed by atoms with Crippen LogP contribution in [0.5, 0.6) is 0 Å². The van der Waals surface area contributed by atoms with Crippen molar-refractivity contribution in [3.05, 3.63) is 51.5 Å². The Morgan fingerprint density at radius 3 is 2.79 bits per heavy atom. The van der Waals surface area contributed by atoms with Crippen molar-refractivity contribution < 1.29 is 23.1 Å². The smallest absolute Gasteiger partial charge is 0.387 e. The van der Waals surface area contributed by atoms with E-state index in [0.717, 1.165) is 22.7 Å². The number of rotatable bonds is 6. The van der Waals surface area contributed by atoms with E-state index in [4.69, 9.17) is 0 Å². The van der Waals surface area contributed by atoms with Gasteiger partial charge in [0.1, 0.15) is 0 Å². The summed E-state index contributed by atoms with van der Waals surface area (Å²) in [5.74, 6) is -0.270.